The maximum atomic E-state index is 13.7. The summed E-state index contributed by atoms with van der Waals surface area (Å²) >= 11 is 0. The summed E-state index contributed by atoms with van der Waals surface area (Å²) in [5.41, 5.74) is 6.03. The number of rotatable bonds is 59. The van der Waals surface area contributed by atoms with E-state index in [0.29, 0.717) is 186 Å². The molecular weight excluding hydrogens is 1580 g/mol. The molecule has 0 aromatic heterocycles. The van der Waals surface area contributed by atoms with Crippen molar-refractivity contribution in [3.05, 3.63) is 130 Å². The van der Waals surface area contributed by atoms with Crippen molar-refractivity contribution in [1.29, 1.82) is 0 Å². The van der Waals surface area contributed by atoms with E-state index in [0.717, 1.165) is 22.3 Å². The molecule has 121 heavy (non-hydrogen) atoms. The van der Waals surface area contributed by atoms with Crippen molar-refractivity contribution in [3.8, 4) is 23.7 Å². The lowest BCUT2D eigenvalue weighted by molar-refractivity contribution is -0.198. The van der Waals surface area contributed by atoms with E-state index in [1.54, 1.807) is 30.1 Å². The zero-order valence-electron chi connectivity index (χ0n) is 68.8. The Morgan fingerprint density at radius 1 is 0.364 bits per heavy atom. The summed E-state index contributed by atoms with van der Waals surface area (Å²) in [4.78, 5) is 156. The molecule has 8 amide bonds. The number of para-hydroxylation sites is 2. The lowest BCUT2D eigenvalue weighted by Crippen LogP contribution is -2.38. The van der Waals surface area contributed by atoms with Gasteiger partial charge in [0.15, 0.2) is 0 Å². The van der Waals surface area contributed by atoms with Gasteiger partial charge in [-0.3, -0.25) is 57.9 Å². The highest BCUT2D eigenvalue weighted by atomic mass is 16.7. The number of amides is 8. The Labute approximate surface area is 703 Å². The minimum Gasteiger partial charge on any atom is -0.481 e. The normalized spacial score (nSPS) is 13.6. The molecule has 0 bridgehead atoms. The van der Waals surface area contributed by atoms with Crippen LogP contribution in [0.25, 0.3) is 0 Å². The second kappa shape index (κ2) is 60.3. The summed E-state index contributed by atoms with van der Waals surface area (Å²) in [6.07, 6.45) is -2.24. The summed E-state index contributed by atoms with van der Waals surface area (Å²) in [5.74, 6) is 3.21. The highest BCUT2D eigenvalue weighted by molar-refractivity contribution is 6.03. The van der Waals surface area contributed by atoms with E-state index in [-0.39, 0.29) is 126 Å². The first-order valence-corrected chi connectivity index (χ1v) is 40.2. The van der Waals surface area contributed by atoms with E-state index in [2.05, 4.69) is 34.3 Å². The Hall–Kier alpha value is -10.2. The zero-order chi connectivity index (χ0) is 86.9. The minimum absolute atomic E-state index is 0.0647. The van der Waals surface area contributed by atoms with Gasteiger partial charge in [0.2, 0.25) is 23.6 Å². The van der Waals surface area contributed by atoms with Crippen LogP contribution >= 0.6 is 0 Å². The maximum Gasteiger partial charge on any atom is 0.334 e. The highest BCUT2D eigenvalue weighted by Crippen LogP contribution is 2.29. The summed E-state index contributed by atoms with van der Waals surface area (Å²) in [5, 5.41) is 23.6. The van der Waals surface area contributed by atoms with Gasteiger partial charge in [-0.2, -0.15) is 5.06 Å². The third-order valence-corrected chi connectivity index (χ3v) is 18.0. The van der Waals surface area contributed by atoms with Gasteiger partial charge >= 0.3 is 11.9 Å². The summed E-state index contributed by atoms with van der Waals surface area (Å²) in [6.45, 7) is 11.5. The van der Waals surface area contributed by atoms with Crippen LogP contribution in [0.2, 0.25) is 0 Å². The van der Waals surface area contributed by atoms with Crippen LogP contribution in [-0.2, 0) is 142 Å². The monoisotopic (exact) mass is 1690 g/mol. The van der Waals surface area contributed by atoms with E-state index >= 15 is 0 Å². The summed E-state index contributed by atoms with van der Waals surface area (Å²) in [7, 11) is 3.24. The molecule has 2 saturated heterocycles. The number of hydroxylamine groups is 4. The number of imide groups is 2. The molecule has 0 aliphatic carbocycles. The number of methoxy groups -OCH3 is 2. The molecule has 4 aromatic carbocycles. The standard InChI is InChI=1S/C43H55N3O14.C39H52N2O12.C4H5NO3/c1-53-18-19-55-22-23-57-26-27-59-29-28-58-25-24-56-21-20-54-17-16-44-43(52)36(31-42(51)60-46-40(49)14-15-41(46)50)30-37(47)12-13-39(48)45-32-35-8-3-2-6-33(35)10-11-34-7-4-5-9-38(34)45;1-47-16-17-49-20-21-51-24-25-53-27-26-52-23-22-50-19-18-48-15-14-40-39(46)34(29-38(44)45)28-35(42)12-13-37(43)41-30-33-8-3-2-6-31(33)10-11-32-7-4-5-9-36(32)41;6-3-1-2-4(7)5(3)8/h2-9,36H,12-32H2,1H3,(H,44,52);2-9,34H,12-30H2,1H3,(H,40,46)(H,44,45);8H,1-2H2/t36-;34-;/m00./s1. The number of hydrogen-bond donors (Lipinski definition) is 4. The number of nitrogens with one attached hydrogen (secondary N) is 2. The number of nitrogens with zero attached hydrogens (tertiary/aromatic N) is 4. The van der Waals surface area contributed by atoms with Gasteiger partial charge in [-0.05, 0) is 47.5 Å². The van der Waals surface area contributed by atoms with Crippen molar-refractivity contribution in [2.75, 3.05) is 209 Å². The number of carbonyl (C=O) groups is 12. The fraction of sp³-hybridized carbons (Fsp3) is 0.535. The molecule has 35 heteroatoms. The summed E-state index contributed by atoms with van der Waals surface area (Å²) in [6, 6.07) is 29.7. The third kappa shape index (κ3) is 40.4. The first-order chi connectivity index (χ1) is 58.9. The Morgan fingerprint density at radius 3 is 0.975 bits per heavy atom. The van der Waals surface area contributed by atoms with Crippen LogP contribution in [0.15, 0.2) is 97.1 Å². The molecule has 2 atom stereocenters. The number of anilines is 2. The molecule has 0 unspecified atom stereocenters. The molecular formula is C86H112N6O29. The molecule has 8 rings (SSSR count). The number of carboxylic acids is 1. The lowest BCUT2D eigenvalue weighted by atomic mass is 9.95. The topological polar surface area (TPSA) is 421 Å². The van der Waals surface area contributed by atoms with Gasteiger partial charge in [-0.25, -0.2) is 4.79 Å². The molecule has 4 heterocycles. The molecule has 2 fully saturated rings. The zero-order valence-corrected chi connectivity index (χ0v) is 68.8. The van der Waals surface area contributed by atoms with Gasteiger partial charge in [-0.1, -0.05) is 84.3 Å². The van der Waals surface area contributed by atoms with Gasteiger partial charge < -0.3 is 96.7 Å². The van der Waals surface area contributed by atoms with Crippen molar-refractivity contribution in [3.63, 3.8) is 0 Å². The third-order valence-electron chi connectivity index (χ3n) is 18.0. The molecule has 4 aromatic rings. The predicted octanol–water partition coefficient (Wildman–Crippen LogP) is 4.30. The van der Waals surface area contributed by atoms with Crippen molar-refractivity contribution in [2.24, 2.45) is 11.8 Å². The van der Waals surface area contributed by atoms with Crippen LogP contribution in [0.4, 0.5) is 11.4 Å². The van der Waals surface area contributed by atoms with Gasteiger partial charge in [0.1, 0.15) is 11.6 Å². The van der Waals surface area contributed by atoms with E-state index in [1.165, 1.54) is 0 Å². The first kappa shape index (κ1) is 99.7. The number of Topliss-reactive ketones (excluding diaryl/α,β-unsaturated/α-hetero) is 2. The van der Waals surface area contributed by atoms with Crippen molar-refractivity contribution in [2.45, 2.75) is 90.1 Å². The number of fused-ring (bicyclic) bond motifs is 4. The van der Waals surface area contributed by atoms with Crippen molar-refractivity contribution < 1.29 is 139 Å². The lowest BCUT2D eigenvalue weighted by Gasteiger charge is -2.26. The minimum atomic E-state index is -1.20. The molecule has 35 nitrogen and oxygen atoms in total. The van der Waals surface area contributed by atoms with Crippen LogP contribution in [-0.4, -0.2) is 290 Å². The molecule has 0 spiro atoms. The van der Waals surface area contributed by atoms with E-state index < -0.39 is 77.8 Å². The fourth-order valence-corrected chi connectivity index (χ4v) is 11.7. The second-order valence-corrected chi connectivity index (χ2v) is 27.1. The number of ether oxygens (including phenoxy) is 14. The Balaban J connectivity index is 0.000000344. The first-order valence-electron chi connectivity index (χ1n) is 40.2. The Kier molecular flexibility index (Phi) is 49.7. The molecule has 4 aliphatic rings. The average molecular weight is 1690 g/mol. The number of carboxylic acid groups (broad SMARTS) is 1. The van der Waals surface area contributed by atoms with Crippen molar-refractivity contribution >= 4 is 82.1 Å². The quantitative estimate of drug-likeness (QED) is 0.0207. The molecule has 4 N–H and O–H groups in total. The van der Waals surface area contributed by atoms with E-state index in [4.69, 9.17) is 76.4 Å². The van der Waals surface area contributed by atoms with E-state index in [1.807, 2.05) is 91.0 Å². The van der Waals surface area contributed by atoms with Gasteiger partial charge in [0.25, 0.3) is 23.6 Å². The number of benzene rings is 4. The van der Waals surface area contributed by atoms with Crippen LogP contribution < -0.4 is 20.4 Å². The molecule has 0 saturated carbocycles. The predicted molar refractivity (Wildman–Crippen MR) is 431 cm³/mol. The number of aliphatic carboxylic acids is 1. The van der Waals surface area contributed by atoms with Crippen LogP contribution in [0, 0.1) is 35.5 Å². The second-order valence-electron chi connectivity index (χ2n) is 27.1. The molecule has 0 radical (unpaired) electrons. The smallest absolute Gasteiger partial charge is 0.334 e. The Morgan fingerprint density at radius 2 is 0.653 bits per heavy atom. The van der Waals surface area contributed by atoms with Crippen molar-refractivity contribution in [1.82, 2.24) is 20.8 Å². The Bertz CT molecular complexity index is 4010. The largest absolute Gasteiger partial charge is 0.481 e. The van der Waals surface area contributed by atoms with Gasteiger partial charge in [0, 0.05) is 114 Å². The molecule has 660 valence electrons. The number of hydrogen-bond acceptors (Lipinski definition) is 28. The van der Waals surface area contributed by atoms with Crippen LogP contribution in [0.5, 0.6) is 0 Å². The maximum absolute atomic E-state index is 13.7. The van der Waals surface area contributed by atoms with Gasteiger partial charge in [0.05, 0.1) is 221 Å². The van der Waals surface area contributed by atoms with E-state index in [9.17, 15) is 62.6 Å². The summed E-state index contributed by atoms with van der Waals surface area (Å²) < 4.78 is 74.9. The van der Waals surface area contributed by atoms with Gasteiger partial charge in [-0.15, -0.1) is 5.06 Å². The average Bonchev–Trinajstić information content (AvgIpc) is 1.67. The molecule has 4 aliphatic heterocycles. The van der Waals surface area contributed by atoms with Crippen LogP contribution in [0.3, 0.4) is 0 Å². The SMILES string of the molecule is COCCOCCOCCOCCOCCOCCOCCNC(=O)[C@@H](CC(=O)CCC(=O)N1Cc2ccccc2C#Cc2ccccc21)CC(=O)ON1C(=O)CCC1=O.COCCOCCOCCOCCOCCOCCOCCNC(=O)[C@H](CC(=O)O)CC(=O)CCC(=O)N1Cc2ccccc2C#Cc2ccccc21.O=C1CCC(=O)N1O. The number of ketones is 2. The van der Waals surface area contributed by atoms with Crippen LogP contribution in [0.1, 0.15) is 110 Å². The number of carbonyl (C=O) groups excluding carboxylic acids is 11. The highest BCUT2D eigenvalue weighted by Gasteiger charge is 2.36. The fourth-order valence-electron chi connectivity index (χ4n) is 11.7.